The summed E-state index contributed by atoms with van der Waals surface area (Å²) in [6.45, 7) is 2.08. The molecule has 1 N–H and O–H groups in total. The molecule has 0 radical (unpaired) electrons. The average Bonchev–Trinajstić information content (AvgIpc) is 2.76. The van der Waals surface area contributed by atoms with E-state index in [-0.39, 0.29) is 10.9 Å². The number of rotatable bonds is 2. The monoisotopic (exact) mass is 274 g/mol. The molecule has 2 heterocycles. The SMILES string of the molecule is CCC1Sc2ccccc2-c2c1c(C(=O)O)nn2C. The van der Waals surface area contributed by atoms with E-state index in [0.717, 1.165) is 23.2 Å². The molecule has 98 valence electrons. The first-order valence-electron chi connectivity index (χ1n) is 6.19. The highest BCUT2D eigenvalue weighted by molar-refractivity contribution is 7.99. The van der Waals surface area contributed by atoms with E-state index in [4.69, 9.17) is 0 Å². The van der Waals surface area contributed by atoms with Crippen molar-refractivity contribution in [3.05, 3.63) is 35.5 Å². The summed E-state index contributed by atoms with van der Waals surface area (Å²) >= 11 is 1.73. The minimum atomic E-state index is -0.949. The van der Waals surface area contributed by atoms with Gasteiger partial charge in [-0.15, -0.1) is 11.8 Å². The van der Waals surface area contributed by atoms with E-state index >= 15 is 0 Å². The summed E-state index contributed by atoms with van der Waals surface area (Å²) in [5, 5.41) is 13.7. The second-order valence-electron chi connectivity index (χ2n) is 4.55. The lowest BCUT2D eigenvalue weighted by Gasteiger charge is -2.24. The lowest BCUT2D eigenvalue weighted by Crippen LogP contribution is -2.07. The van der Waals surface area contributed by atoms with Gasteiger partial charge in [-0.25, -0.2) is 4.79 Å². The van der Waals surface area contributed by atoms with Crippen LogP contribution in [0.2, 0.25) is 0 Å². The van der Waals surface area contributed by atoms with Gasteiger partial charge >= 0.3 is 5.97 Å². The highest BCUT2D eigenvalue weighted by Gasteiger charge is 2.33. The number of aromatic carboxylic acids is 1. The maximum atomic E-state index is 11.4. The molecule has 1 aliphatic rings. The fourth-order valence-electron chi connectivity index (χ4n) is 2.59. The topological polar surface area (TPSA) is 55.1 Å². The summed E-state index contributed by atoms with van der Waals surface area (Å²) in [7, 11) is 1.81. The van der Waals surface area contributed by atoms with Crippen molar-refractivity contribution >= 4 is 17.7 Å². The summed E-state index contributed by atoms with van der Waals surface area (Å²) in [6, 6.07) is 8.10. The van der Waals surface area contributed by atoms with E-state index in [9.17, 15) is 9.90 Å². The van der Waals surface area contributed by atoms with Crippen LogP contribution >= 0.6 is 11.8 Å². The van der Waals surface area contributed by atoms with Gasteiger partial charge in [0.25, 0.3) is 0 Å². The number of carbonyl (C=O) groups is 1. The van der Waals surface area contributed by atoms with Crippen LogP contribution in [0.4, 0.5) is 0 Å². The number of hydrogen-bond donors (Lipinski definition) is 1. The highest BCUT2D eigenvalue weighted by atomic mass is 32.2. The third kappa shape index (κ3) is 1.76. The van der Waals surface area contributed by atoms with E-state index in [1.54, 1.807) is 16.4 Å². The van der Waals surface area contributed by atoms with E-state index in [1.165, 1.54) is 4.90 Å². The van der Waals surface area contributed by atoms with Crippen LogP contribution in [-0.4, -0.2) is 20.9 Å². The minimum absolute atomic E-state index is 0.157. The maximum absolute atomic E-state index is 11.4. The van der Waals surface area contributed by atoms with Crippen LogP contribution in [0.5, 0.6) is 0 Å². The molecule has 3 rings (SSSR count). The zero-order valence-electron chi connectivity index (χ0n) is 10.8. The van der Waals surface area contributed by atoms with Crippen molar-refractivity contribution in [2.45, 2.75) is 23.5 Å². The van der Waals surface area contributed by atoms with Gasteiger partial charge in [0.05, 0.1) is 5.69 Å². The average molecular weight is 274 g/mol. The first-order chi connectivity index (χ1) is 9.13. The van der Waals surface area contributed by atoms with Gasteiger partial charge in [0, 0.05) is 28.3 Å². The van der Waals surface area contributed by atoms with Crippen LogP contribution in [0, 0.1) is 0 Å². The maximum Gasteiger partial charge on any atom is 0.356 e. The highest BCUT2D eigenvalue weighted by Crippen LogP contribution is 2.51. The number of carboxylic acid groups (broad SMARTS) is 1. The van der Waals surface area contributed by atoms with Crippen LogP contribution in [0.15, 0.2) is 29.2 Å². The molecule has 0 amide bonds. The lowest BCUT2D eigenvalue weighted by molar-refractivity contribution is 0.0688. The third-order valence-corrected chi connectivity index (χ3v) is 4.85. The Hall–Kier alpha value is -1.75. The largest absolute Gasteiger partial charge is 0.476 e. The Labute approximate surface area is 115 Å². The Balaban J connectivity index is 2.32. The normalized spacial score (nSPS) is 16.8. The molecule has 0 saturated carbocycles. The van der Waals surface area contributed by atoms with Crippen molar-refractivity contribution in [2.24, 2.45) is 7.05 Å². The van der Waals surface area contributed by atoms with E-state index in [1.807, 2.05) is 25.2 Å². The fourth-order valence-corrected chi connectivity index (χ4v) is 3.85. The number of nitrogens with zero attached hydrogens (tertiary/aromatic N) is 2. The van der Waals surface area contributed by atoms with Gasteiger partial charge in [0.1, 0.15) is 0 Å². The Morgan fingerprint density at radius 3 is 2.89 bits per heavy atom. The predicted molar refractivity (Wildman–Crippen MR) is 74.5 cm³/mol. The van der Waals surface area contributed by atoms with Crippen molar-refractivity contribution in [1.29, 1.82) is 0 Å². The minimum Gasteiger partial charge on any atom is -0.476 e. The number of benzene rings is 1. The Morgan fingerprint density at radius 2 is 2.21 bits per heavy atom. The molecule has 1 aromatic carbocycles. The summed E-state index contributed by atoms with van der Waals surface area (Å²) in [5.74, 6) is -0.949. The van der Waals surface area contributed by atoms with Gasteiger partial charge in [0.15, 0.2) is 5.69 Å². The van der Waals surface area contributed by atoms with Gasteiger partial charge in [-0.1, -0.05) is 25.1 Å². The second kappa shape index (κ2) is 4.42. The van der Waals surface area contributed by atoms with E-state index in [2.05, 4.69) is 18.1 Å². The molecule has 0 aliphatic carbocycles. The van der Waals surface area contributed by atoms with Crippen LogP contribution in [-0.2, 0) is 7.05 Å². The van der Waals surface area contributed by atoms with E-state index < -0.39 is 5.97 Å². The predicted octanol–water partition coefficient (Wildman–Crippen LogP) is 3.34. The number of carboxylic acids is 1. The summed E-state index contributed by atoms with van der Waals surface area (Å²) < 4.78 is 1.69. The molecule has 1 aromatic heterocycles. The molecule has 0 bridgehead atoms. The molecule has 0 saturated heterocycles. The number of hydrogen-bond acceptors (Lipinski definition) is 3. The van der Waals surface area contributed by atoms with Crippen molar-refractivity contribution in [3.8, 4) is 11.3 Å². The van der Waals surface area contributed by atoms with Crippen molar-refractivity contribution < 1.29 is 9.90 Å². The summed E-state index contributed by atoms with van der Waals surface area (Å²) in [6.07, 6.45) is 0.887. The molecular formula is C14H14N2O2S. The molecule has 4 nitrogen and oxygen atoms in total. The molecule has 0 fully saturated rings. The van der Waals surface area contributed by atoms with E-state index in [0.29, 0.717) is 0 Å². The molecule has 1 unspecified atom stereocenters. The number of aromatic nitrogens is 2. The van der Waals surface area contributed by atoms with Gasteiger partial charge in [-0.05, 0) is 12.5 Å². The molecule has 2 aromatic rings. The molecule has 1 atom stereocenters. The van der Waals surface area contributed by atoms with Crippen LogP contribution < -0.4 is 0 Å². The Bertz CT molecular complexity index is 663. The van der Waals surface area contributed by atoms with Crippen LogP contribution in [0.3, 0.4) is 0 Å². The second-order valence-corrected chi connectivity index (χ2v) is 5.80. The molecular weight excluding hydrogens is 260 g/mol. The smallest absolute Gasteiger partial charge is 0.356 e. The number of fused-ring (bicyclic) bond motifs is 3. The van der Waals surface area contributed by atoms with Gasteiger partial charge < -0.3 is 5.11 Å². The van der Waals surface area contributed by atoms with Gasteiger partial charge in [0.2, 0.25) is 0 Å². The third-order valence-electron chi connectivity index (χ3n) is 3.39. The lowest BCUT2D eigenvalue weighted by atomic mass is 10.0. The zero-order valence-corrected chi connectivity index (χ0v) is 11.6. The van der Waals surface area contributed by atoms with Crippen LogP contribution in [0.25, 0.3) is 11.3 Å². The quantitative estimate of drug-likeness (QED) is 0.912. The Morgan fingerprint density at radius 1 is 1.47 bits per heavy atom. The Kier molecular flexibility index (Phi) is 2.86. The van der Waals surface area contributed by atoms with Gasteiger partial charge in [-0.2, -0.15) is 5.10 Å². The van der Waals surface area contributed by atoms with Crippen molar-refractivity contribution in [1.82, 2.24) is 9.78 Å². The molecule has 0 spiro atoms. The summed E-state index contributed by atoms with van der Waals surface area (Å²) in [4.78, 5) is 12.6. The first-order valence-corrected chi connectivity index (χ1v) is 7.07. The molecule has 1 aliphatic heterocycles. The number of aryl methyl sites for hydroxylation is 1. The summed E-state index contributed by atoms with van der Waals surface area (Å²) in [5.41, 5.74) is 3.07. The first kappa shape index (κ1) is 12.3. The van der Waals surface area contributed by atoms with Gasteiger partial charge in [-0.3, -0.25) is 4.68 Å². The van der Waals surface area contributed by atoms with Crippen molar-refractivity contribution in [2.75, 3.05) is 0 Å². The number of thioether (sulfide) groups is 1. The fraction of sp³-hybridized carbons (Fsp3) is 0.286. The van der Waals surface area contributed by atoms with Crippen LogP contribution in [0.1, 0.15) is 34.6 Å². The molecule has 19 heavy (non-hydrogen) atoms. The zero-order chi connectivity index (χ0) is 13.6. The standard InChI is InChI=1S/C14H14N2O2S/c1-3-9-11-12(14(17)18)15-16(2)13(11)8-6-4-5-7-10(8)19-9/h4-7,9H,3H2,1-2H3,(H,17,18). The molecule has 5 heteroatoms. The van der Waals surface area contributed by atoms with Crippen molar-refractivity contribution in [3.63, 3.8) is 0 Å².